The lowest BCUT2D eigenvalue weighted by Crippen LogP contribution is -2.45. The largest absolute Gasteiger partial charge is 0.748 e. The van der Waals surface area contributed by atoms with Crippen LogP contribution in [0.3, 0.4) is 0 Å². The molecule has 0 amide bonds. The number of anilines is 2. The Labute approximate surface area is 213 Å². The Kier molecular flexibility index (Phi) is 6.29. The van der Waals surface area contributed by atoms with E-state index in [4.69, 9.17) is 9.47 Å². The third kappa shape index (κ3) is 3.87. The van der Waals surface area contributed by atoms with Crippen molar-refractivity contribution in [3.8, 4) is 11.5 Å². The van der Waals surface area contributed by atoms with Crippen LogP contribution in [0.5, 0.6) is 11.5 Å². The summed E-state index contributed by atoms with van der Waals surface area (Å²) in [4.78, 5) is 18.6. The van der Waals surface area contributed by atoms with Gasteiger partial charge in [0.2, 0.25) is 0 Å². The van der Waals surface area contributed by atoms with Crippen LogP contribution in [0.2, 0.25) is 0 Å². The molecule has 0 aromatic heterocycles. The molecule has 36 heavy (non-hydrogen) atoms. The molecule has 0 N–H and O–H groups in total. The zero-order valence-corrected chi connectivity index (χ0v) is 22.7. The Hall–Kier alpha value is -2.96. The lowest BCUT2D eigenvalue weighted by atomic mass is 10.1. The topological polar surface area (TPSA) is 71.3 Å². The van der Waals surface area contributed by atoms with Gasteiger partial charge in [0.05, 0.1) is 26.3 Å². The average Bonchev–Trinajstić information content (AvgIpc) is 3.45. The summed E-state index contributed by atoms with van der Waals surface area (Å²) in [5, 5.41) is 0. The fourth-order valence-electron chi connectivity index (χ4n) is 5.43. The van der Waals surface area contributed by atoms with Gasteiger partial charge < -0.3 is 19.3 Å². The van der Waals surface area contributed by atoms with Crippen molar-refractivity contribution in [2.45, 2.75) is 39.8 Å². The van der Waals surface area contributed by atoms with Gasteiger partial charge in [0.1, 0.15) is 35.6 Å². The maximum Gasteiger partial charge on any atom is 0.286 e. The predicted molar refractivity (Wildman–Crippen MR) is 141 cm³/mol. The second-order valence-corrected chi connectivity index (χ2v) is 12.1. The normalized spacial score (nSPS) is 25.5. The number of hydrogen-bond acceptors (Lipinski definition) is 6. The SMILES string of the molecule is COc1ccc(N2C[C@H](C(C)C)N3C2=CC2=[N+]([C@@H](C(C)C)CN2c2ccc(OC)cc2)P3(=O)[O-])cc1. The Balaban J connectivity index is 1.66. The highest BCUT2D eigenvalue weighted by Gasteiger charge is 2.55. The number of benzene rings is 2. The Morgan fingerprint density at radius 3 is 1.86 bits per heavy atom. The van der Waals surface area contributed by atoms with Gasteiger partial charge in [-0.1, -0.05) is 27.7 Å². The number of fused-ring (bicyclic) bond motifs is 1. The minimum absolute atomic E-state index is 0.151. The Morgan fingerprint density at radius 1 is 0.861 bits per heavy atom. The molecule has 5 rings (SSSR count). The van der Waals surface area contributed by atoms with Crippen LogP contribution in [-0.2, 0) is 4.57 Å². The molecule has 0 aliphatic carbocycles. The molecule has 0 spiro atoms. The quantitative estimate of drug-likeness (QED) is 0.541. The fourth-order valence-corrected chi connectivity index (χ4v) is 7.92. The lowest BCUT2D eigenvalue weighted by Gasteiger charge is -2.42. The van der Waals surface area contributed by atoms with Crippen LogP contribution in [0.4, 0.5) is 11.4 Å². The highest BCUT2D eigenvalue weighted by Crippen LogP contribution is 2.56. The van der Waals surface area contributed by atoms with Gasteiger partial charge in [0, 0.05) is 12.2 Å². The molecule has 8 nitrogen and oxygen atoms in total. The fraction of sp³-hybridized carbons (Fsp3) is 0.444. The first-order chi connectivity index (χ1) is 17.2. The predicted octanol–water partition coefficient (Wildman–Crippen LogP) is 4.13. The smallest absolute Gasteiger partial charge is 0.286 e. The van der Waals surface area contributed by atoms with E-state index in [-0.39, 0.29) is 23.9 Å². The van der Waals surface area contributed by atoms with Crippen LogP contribution >= 0.6 is 7.67 Å². The number of rotatable bonds is 6. The summed E-state index contributed by atoms with van der Waals surface area (Å²) in [6.07, 6.45) is 2.05. The van der Waals surface area contributed by atoms with Gasteiger partial charge in [0.15, 0.2) is 0 Å². The second-order valence-electron chi connectivity index (χ2n) is 10.3. The van der Waals surface area contributed by atoms with Crippen molar-refractivity contribution in [3.05, 3.63) is 60.4 Å². The van der Waals surface area contributed by atoms with E-state index in [0.29, 0.717) is 24.7 Å². The van der Waals surface area contributed by atoms with E-state index in [9.17, 15) is 9.46 Å². The summed E-state index contributed by atoms with van der Waals surface area (Å²) in [5.74, 6) is 3.24. The number of ether oxygens (including phenoxy) is 2. The van der Waals surface area contributed by atoms with E-state index < -0.39 is 7.67 Å². The van der Waals surface area contributed by atoms with Crippen molar-refractivity contribution in [1.82, 2.24) is 4.67 Å². The summed E-state index contributed by atoms with van der Waals surface area (Å²) in [6, 6.07) is 15.3. The van der Waals surface area contributed by atoms with Gasteiger partial charge in [-0.2, -0.15) is 0 Å². The average molecular weight is 511 g/mol. The van der Waals surface area contributed by atoms with Crippen LogP contribution in [0.1, 0.15) is 27.7 Å². The second kappa shape index (κ2) is 9.16. The standard InChI is InChI=1S/C27H35N4O4P/c1-18(2)24-16-28(20-7-11-22(34-5)12-8-20)26-15-27-29(21-9-13-23(35-6)14-10-21)17-25(19(3)4)31(27)36(32,33)30(24)26/h7-15,18-19,24-25H,16-17H2,1-6H3/t24-,25-/m1/s1. The van der Waals surface area contributed by atoms with Crippen molar-refractivity contribution in [3.63, 3.8) is 0 Å². The van der Waals surface area contributed by atoms with Gasteiger partial charge >= 0.3 is 0 Å². The third-order valence-electron chi connectivity index (χ3n) is 7.50. The molecule has 0 radical (unpaired) electrons. The van der Waals surface area contributed by atoms with Gasteiger partial charge in [-0.15, -0.1) is 0 Å². The number of nitrogens with zero attached hydrogens (tertiary/aromatic N) is 4. The molecule has 3 aliphatic rings. The van der Waals surface area contributed by atoms with Crippen molar-refractivity contribution in [2.24, 2.45) is 11.8 Å². The number of amidine groups is 1. The van der Waals surface area contributed by atoms with E-state index in [1.165, 1.54) is 0 Å². The molecular weight excluding hydrogens is 475 g/mol. The summed E-state index contributed by atoms with van der Waals surface area (Å²) < 4.78 is 28.4. The van der Waals surface area contributed by atoms with Crippen molar-refractivity contribution < 1.29 is 23.3 Å². The van der Waals surface area contributed by atoms with E-state index in [2.05, 4.69) is 37.5 Å². The molecule has 2 aromatic carbocycles. The summed E-state index contributed by atoms with van der Waals surface area (Å²) >= 11 is 0. The van der Waals surface area contributed by atoms with Gasteiger partial charge in [0.25, 0.3) is 13.5 Å². The van der Waals surface area contributed by atoms with Gasteiger partial charge in [-0.3, -0.25) is 9.24 Å². The molecule has 9 heteroatoms. The van der Waals surface area contributed by atoms with Crippen LogP contribution in [-0.4, -0.2) is 54.2 Å². The molecule has 192 valence electrons. The maximum atomic E-state index is 14.4. The first-order valence-electron chi connectivity index (χ1n) is 12.5. The maximum absolute atomic E-state index is 14.4. The number of methoxy groups -OCH3 is 2. The molecule has 0 bridgehead atoms. The molecule has 0 saturated carbocycles. The third-order valence-corrected chi connectivity index (χ3v) is 9.59. The molecule has 3 heterocycles. The molecular formula is C27H35N4O4P. The van der Waals surface area contributed by atoms with E-state index in [1.807, 2.05) is 54.6 Å². The monoisotopic (exact) mass is 510 g/mol. The van der Waals surface area contributed by atoms with Gasteiger partial charge in [-0.05, 0) is 60.4 Å². The minimum Gasteiger partial charge on any atom is -0.748 e. The van der Waals surface area contributed by atoms with Crippen molar-refractivity contribution in [2.75, 3.05) is 37.1 Å². The zero-order chi connectivity index (χ0) is 25.8. The van der Waals surface area contributed by atoms with E-state index >= 15 is 0 Å². The molecule has 1 fully saturated rings. The zero-order valence-electron chi connectivity index (χ0n) is 21.8. The molecule has 1 unspecified atom stereocenters. The van der Waals surface area contributed by atoms with Gasteiger partial charge in [-0.25, -0.2) is 9.25 Å². The van der Waals surface area contributed by atoms with Crippen molar-refractivity contribution in [1.29, 1.82) is 0 Å². The number of hydrogen-bond donors (Lipinski definition) is 0. The van der Waals surface area contributed by atoms with Crippen LogP contribution in [0.25, 0.3) is 0 Å². The summed E-state index contributed by atoms with van der Waals surface area (Å²) in [6.45, 7) is 9.55. The lowest BCUT2D eigenvalue weighted by molar-refractivity contribution is -0.477. The Morgan fingerprint density at radius 2 is 1.39 bits per heavy atom. The Bertz CT molecular complexity index is 1240. The summed E-state index contributed by atoms with van der Waals surface area (Å²) in [5.41, 5.74) is 1.89. The highest BCUT2D eigenvalue weighted by molar-refractivity contribution is 7.47. The summed E-state index contributed by atoms with van der Waals surface area (Å²) in [7, 11) is -0.898. The van der Waals surface area contributed by atoms with Crippen LogP contribution < -0.4 is 24.2 Å². The first kappa shape index (κ1) is 24.7. The molecule has 2 aromatic rings. The van der Waals surface area contributed by atoms with E-state index in [0.717, 1.165) is 22.9 Å². The first-order valence-corrected chi connectivity index (χ1v) is 14.0. The van der Waals surface area contributed by atoms with E-state index in [1.54, 1.807) is 23.2 Å². The molecule has 3 atom stereocenters. The van der Waals surface area contributed by atoms with Crippen molar-refractivity contribution >= 4 is 24.9 Å². The van der Waals surface area contributed by atoms with Crippen LogP contribution in [0, 0.1) is 11.8 Å². The highest BCUT2D eigenvalue weighted by atomic mass is 31.2. The minimum atomic E-state index is -4.18. The molecule has 1 saturated heterocycles. The van der Waals surface area contributed by atoms with Crippen LogP contribution in [0.15, 0.2) is 60.4 Å². The molecule has 3 aliphatic heterocycles.